The Morgan fingerprint density at radius 1 is 1.17 bits per heavy atom. The Bertz CT molecular complexity index is 1030. The molecule has 0 spiro atoms. The average molecular weight is 498 g/mol. The fourth-order valence-electron chi connectivity index (χ4n) is 4.89. The summed E-state index contributed by atoms with van der Waals surface area (Å²) < 4.78 is 6.68. The van der Waals surface area contributed by atoms with E-state index in [0.29, 0.717) is 6.73 Å². The van der Waals surface area contributed by atoms with Gasteiger partial charge in [-0.15, -0.1) is 11.3 Å². The summed E-state index contributed by atoms with van der Waals surface area (Å²) in [5, 5.41) is 4.76. The van der Waals surface area contributed by atoms with Gasteiger partial charge in [0.25, 0.3) is 0 Å². The maximum Gasteiger partial charge on any atom is 0.313 e. The summed E-state index contributed by atoms with van der Waals surface area (Å²) in [4.78, 5) is 21.7. The fourth-order valence-corrected chi connectivity index (χ4v) is 5.81. The first-order valence-corrected chi connectivity index (χ1v) is 14.0. The van der Waals surface area contributed by atoms with Gasteiger partial charge in [0.05, 0.1) is 56.1 Å². The number of piperazine rings is 1. The number of hydrogen-bond acceptors (Lipinski definition) is 6. The molecule has 6 nitrogen and oxygen atoms in total. The minimum Gasteiger partial charge on any atom is -0.415 e. The Morgan fingerprint density at radius 2 is 1.86 bits per heavy atom. The van der Waals surface area contributed by atoms with Crippen LogP contribution in [0, 0.1) is 12.8 Å². The minimum absolute atomic E-state index is 0.00268. The predicted molar refractivity (Wildman–Crippen MR) is 146 cm³/mol. The number of thiophene rings is 1. The van der Waals surface area contributed by atoms with Crippen molar-refractivity contribution >= 4 is 39.5 Å². The third kappa shape index (κ3) is 6.25. The van der Waals surface area contributed by atoms with E-state index < -0.39 is 0 Å². The molecule has 190 valence electrons. The van der Waals surface area contributed by atoms with E-state index in [4.69, 9.17) is 9.73 Å². The lowest BCUT2D eigenvalue weighted by Gasteiger charge is -2.42. The number of aryl methyl sites for hydroxylation is 1. The topological polar surface area (TPSA) is 53.9 Å². The van der Waals surface area contributed by atoms with Crippen LogP contribution >= 0.6 is 11.3 Å². The molecule has 1 aromatic heterocycles. The highest BCUT2D eigenvalue weighted by molar-refractivity contribution is 7.16. The molecular weight excluding hydrogens is 456 g/mol. The molecule has 0 atom stereocenters. The molecule has 2 aromatic rings. The number of likely N-dealkylation sites (N-methyl/N-ethyl adjacent to an activating group) is 1. The number of fused-ring (bicyclic) bond motifs is 2. The maximum atomic E-state index is 12.9. The van der Waals surface area contributed by atoms with E-state index in [2.05, 4.69) is 56.2 Å². The number of nitrogens with one attached hydrogen (secondary N) is 1. The average Bonchev–Trinajstić information content (AvgIpc) is 3.15. The lowest BCUT2D eigenvalue weighted by molar-refractivity contribution is -0.929. The molecule has 1 aromatic carbocycles. The molecule has 2 aliphatic heterocycles. The lowest BCUT2D eigenvalue weighted by Crippen LogP contribution is -2.59. The standard InChI is InChI=1S/C28H41N4O2S/c1-5-7-11-22(12-8-6-2)28(33)34-20-32(4)17-15-31(16-18-32)26-23-19-21(3)35-27(23)30-25-14-10-9-13-24(25)29-26/h9-10,13-14,19,22,30H,5-8,11-12,15-18,20H2,1-4H3/q+1. The van der Waals surface area contributed by atoms with Gasteiger partial charge in [0.15, 0.2) is 0 Å². The van der Waals surface area contributed by atoms with Crippen LogP contribution in [-0.4, -0.2) is 61.1 Å². The van der Waals surface area contributed by atoms with Crippen LogP contribution in [0.15, 0.2) is 35.3 Å². The highest BCUT2D eigenvalue weighted by Crippen LogP contribution is 2.39. The molecule has 0 saturated carbocycles. The number of ether oxygens (including phenoxy) is 1. The summed E-state index contributed by atoms with van der Waals surface area (Å²) in [6.07, 6.45) is 6.32. The number of hydrogen-bond donors (Lipinski definition) is 1. The minimum atomic E-state index is 0.00268. The fraction of sp³-hybridized carbons (Fsp3) is 0.571. The molecule has 0 unspecified atom stereocenters. The number of unbranched alkanes of at least 4 members (excludes halogenated alkanes) is 2. The molecule has 3 heterocycles. The van der Waals surface area contributed by atoms with Crippen molar-refractivity contribution in [3.8, 4) is 0 Å². The normalized spacial score (nSPS) is 16.7. The van der Waals surface area contributed by atoms with Gasteiger partial charge in [0, 0.05) is 4.88 Å². The molecular formula is C28H41N4O2S+. The largest absolute Gasteiger partial charge is 0.415 e. The van der Waals surface area contributed by atoms with Gasteiger partial charge in [-0.25, -0.2) is 4.99 Å². The van der Waals surface area contributed by atoms with E-state index in [0.717, 1.165) is 91.4 Å². The molecule has 1 fully saturated rings. The second-order valence-electron chi connectivity index (χ2n) is 10.3. The summed E-state index contributed by atoms with van der Waals surface area (Å²) in [5.74, 6) is 1.10. The maximum absolute atomic E-state index is 12.9. The van der Waals surface area contributed by atoms with Crippen LogP contribution in [0.5, 0.6) is 0 Å². The number of amidine groups is 1. The Morgan fingerprint density at radius 3 is 2.54 bits per heavy atom. The first kappa shape index (κ1) is 25.7. The van der Waals surface area contributed by atoms with Gasteiger partial charge in [0.1, 0.15) is 10.8 Å². The molecule has 0 amide bonds. The van der Waals surface area contributed by atoms with E-state index >= 15 is 0 Å². The lowest BCUT2D eigenvalue weighted by atomic mass is 9.96. The van der Waals surface area contributed by atoms with Gasteiger partial charge in [0.2, 0.25) is 6.73 Å². The molecule has 0 bridgehead atoms. The van der Waals surface area contributed by atoms with E-state index in [1.54, 1.807) is 11.3 Å². The Balaban J connectivity index is 1.41. The zero-order chi connectivity index (χ0) is 24.8. The third-order valence-corrected chi connectivity index (χ3v) is 8.22. The number of quaternary nitrogens is 1. The molecule has 2 aliphatic rings. The molecule has 1 N–H and O–H groups in total. The van der Waals surface area contributed by atoms with Crippen molar-refractivity contribution in [1.29, 1.82) is 0 Å². The zero-order valence-electron chi connectivity index (χ0n) is 21.8. The summed E-state index contributed by atoms with van der Waals surface area (Å²) in [6.45, 7) is 10.6. The quantitative estimate of drug-likeness (QED) is 0.319. The van der Waals surface area contributed by atoms with Crippen molar-refractivity contribution in [3.63, 3.8) is 0 Å². The monoisotopic (exact) mass is 497 g/mol. The van der Waals surface area contributed by atoms with Crippen LogP contribution < -0.4 is 5.32 Å². The molecule has 0 radical (unpaired) electrons. The van der Waals surface area contributed by atoms with E-state index in [9.17, 15) is 4.79 Å². The first-order chi connectivity index (χ1) is 16.9. The van der Waals surface area contributed by atoms with Gasteiger partial charge >= 0.3 is 5.97 Å². The highest BCUT2D eigenvalue weighted by atomic mass is 32.1. The van der Waals surface area contributed by atoms with Crippen LogP contribution in [-0.2, 0) is 9.53 Å². The molecule has 4 rings (SSSR count). The first-order valence-electron chi connectivity index (χ1n) is 13.2. The van der Waals surface area contributed by atoms with Crippen molar-refractivity contribution in [2.24, 2.45) is 10.9 Å². The van der Waals surface area contributed by atoms with Crippen molar-refractivity contribution in [3.05, 3.63) is 40.8 Å². The molecule has 1 saturated heterocycles. The van der Waals surface area contributed by atoms with Crippen LogP contribution in [0.3, 0.4) is 0 Å². The number of anilines is 2. The Labute approximate surface area is 214 Å². The summed E-state index contributed by atoms with van der Waals surface area (Å²) in [7, 11) is 2.21. The van der Waals surface area contributed by atoms with Crippen LogP contribution in [0.4, 0.5) is 16.4 Å². The van der Waals surface area contributed by atoms with Gasteiger partial charge in [-0.3, -0.25) is 9.28 Å². The Hall–Kier alpha value is -2.38. The van der Waals surface area contributed by atoms with Crippen LogP contribution in [0.2, 0.25) is 0 Å². The smallest absolute Gasteiger partial charge is 0.313 e. The summed E-state index contributed by atoms with van der Waals surface area (Å²) in [5.41, 5.74) is 3.21. The third-order valence-electron chi connectivity index (χ3n) is 7.26. The second kappa shape index (κ2) is 11.6. The van der Waals surface area contributed by atoms with Gasteiger partial charge in [-0.05, 0) is 38.0 Å². The molecule has 0 aliphatic carbocycles. The van der Waals surface area contributed by atoms with Crippen molar-refractivity contribution in [1.82, 2.24) is 4.90 Å². The number of benzene rings is 1. The Kier molecular flexibility index (Phi) is 8.50. The van der Waals surface area contributed by atoms with Gasteiger partial charge in [-0.1, -0.05) is 51.7 Å². The molecule has 35 heavy (non-hydrogen) atoms. The number of rotatable bonds is 9. The van der Waals surface area contributed by atoms with E-state index in [1.807, 2.05) is 12.1 Å². The number of carbonyl (C=O) groups excluding carboxylic acids is 1. The van der Waals surface area contributed by atoms with Gasteiger partial charge in [-0.2, -0.15) is 0 Å². The number of para-hydroxylation sites is 2. The predicted octanol–water partition coefficient (Wildman–Crippen LogP) is 6.45. The number of nitrogens with zero attached hydrogens (tertiary/aromatic N) is 3. The van der Waals surface area contributed by atoms with Gasteiger partial charge < -0.3 is 15.0 Å². The summed E-state index contributed by atoms with van der Waals surface area (Å²) >= 11 is 1.78. The number of aliphatic imine (C=N–C) groups is 1. The number of esters is 1. The highest BCUT2D eigenvalue weighted by Gasteiger charge is 2.34. The van der Waals surface area contributed by atoms with Crippen molar-refractivity contribution in [2.45, 2.75) is 59.3 Å². The van der Waals surface area contributed by atoms with E-state index in [-0.39, 0.29) is 11.9 Å². The zero-order valence-corrected chi connectivity index (χ0v) is 22.6. The van der Waals surface area contributed by atoms with E-state index in [1.165, 1.54) is 10.4 Å². The van der Waals surface area contributed by atoms with Crippen LogP contribution in [0.1, 0.15) is 62.8 Å². The van der Waals surface area contributed by atoms with Crippen molar-refractivity contribution in [2.75, 3.05) is 45.3 Å². The summed E-state index contributed by atoms with van der Waals surface area (Å²) in [6, 6.07) is 10.5. The second-order valence-corrected chi connectivity index (χ2v) is 11.6. The number of carbonyl (C=O) groups is 1. The van der Waals surface area contributed by atoms with Crippen molar-refractivity contribution < 1.29 is 14.0 Å². The SMILES string of the molecule is CCCCC(CCCC)C(=O)OC[N+]1(C)CCN(C2=Nc3ccccc3Nc3sc(C)cc32)CC1. The molecule has 7 heteroatoms. The van der Waals surface area contributed by atoms with Crippen LogP contribution in [0.25, 0.3) is 0 Å².